The number of para-hydroxylation sites is 1. The maximum absolute atomic E-state index is 12.8. The van der Waals surface area contributed by atoms with E-state index in [1.807, 2.05) is 29.6 Å². The zero-order valence-electron chi connectivity index (χ0n) is 16.0. The summed E-state index contributed by atoms with van der Waals surface area (Å²) in [6.07, 6.45) is -1.37. The predicted molar refractivity (Wildman–Crippen MR) is 99.7 cm³/mol. The number of halogens is 3. The summed E-state index contributed by atoms with van der Waals surface area (Å²) < 4.78 is 38.4. The number of hydrogen-bond acceptors (Lipinski definition) is 3. The molecule has 2 amide bonds. The van der Waals surface area contributed by atoms with E-state index in [0.717, 1.165) is 37.2 Å². The van der Waals surface area contributed by atoms with Gasteiger partial charge in [0.1, 0.15) is 12.0 Å². The lowest BCUT2D eigenvalue weighted by Gasteiger charge is -2.33. The molecule has 2 unspecified atom stereocenters. The third kappa shape index (κ3) is 4.59. The maximum atomic E-state index is 12.8. The van der Waals surface area contributed by atoms with E-state index < -0.39 is 30.0 Å². The molecule has 1 aromatic carbocycles. The highest BCUT2D eigenvalue weighted by molar-refractivity contribution is 6.00. The van der Waals surface area contributed by atoms with Crippen LogP contribution in [0.15, 0.2) is 24.3 Å². The molecule has 2 atom stereocenters. The van der Waals surface area contributed by atoms with Gasteiger partial charge in [0.15, 0.2) is 0 Å². The zero-order chi connectivity index (χ0) is 20.3. The van der Waals surface area contributed by atoms with Gasteiger partial charge in [-0.2, -0.15) is 13.2 Å². The summed E-state index contributed by atoms with van der Waals surface area (Å²) in [7, 11) is 1.60. The largest absolute Gasteiger partial charge is 0.408 e. The number of benzene rings is 1. The normalized spacial score (nSPS) is 23.3. The van der Waals surface area contributed by atoms with E-state index in [1.165, 1.54) is 11.3 Å². The van der Waals surface area contributed by atoms with Crippen molar-refractivity contribution >= 4 is 17.5 Å². The van der Waals surface area contributed by atoms with Crippen molar-refractivity contribution in [3.8, 4) is 0 Å². The molecule has 3 rings (SSSR count). The number of alkyl halides is 3. The van der Waals surface area contributed by atoms with Gasteiger partial charge in [-0.3, -0.25) is 9.59 Å². The van der Waals surface area contributed by atoms with E-state index in [4.69, 9.17) is 0 Å². The molecule has 2 heterocycles. The number of carbonyl (C=O) groups is 2. The highest BCUT2D eigenvalue weighted by atomic mass is 19.4. The van der Waals surface area contributed by atoms with Gasteiger partial charge in [-0.05, 0) is 43.7 Å². The molecule has 8 heteroatoms. The minimum Gasteiger partial charge on any atom is -0.371 e. The Morgan fingerprint density at radius 1 is 1.18 bits per heavy atom. The summed E-state index contributed by atoms with van der Waals surface area (Å²) in [5.74, 6) is -2.34. The fraction of sp³-hybridized carbons (Fsp3) is 0.600. The number of nitrogens with zero attached hydrogens (tertiary/aromatic N) is 2. The molecule has 0 aliphatic carbocycles. The average Bonchev–Trinajstić information content (AvgIpc) is 2.67. The van der Waals surface area contributed by atoms with Crippen LogP contribution in [-0.2, 0) is 16.1 Å². The molecule has 0 radical (unpaired) electrons. The number of hydrogen-bond donors (Lipinski definition) is 1. The Kier molecular flexibility index (Phi) is 6.15. The number of piperidine rings is 2. The minimum atomic E-state index is -4.48. The van der Waals surface area contributed by atoms with Crippen LogP contribution in [0.4, 0.5) is 18.9 Å². The van der Waals surface area contributed by atoms with Crippen molar-refractivity contribution < 1.29 is 22.8 Å². The van der Waals surface area contributed by atoms with Crippen molar-refractivity contribution in [1.29, 1.82) is 0 Å². The standard InChI is InChI=1S/C20H26F3N3O2/c1-25(19(28)15-9-10-17(20(21,22)23)24-18(15)27)13-14-7-3-4-8-16(14)26-11-5-2-6-12-26/h3-4,7-8,15,17H,2,5-6,9-13H2,1H3,(H,24,27). The molecule has 0 bridgehead atoms. The molecule has 0 aromatic heterocycles. The molecule has 154 valence electrons. The number of rotatable bonds is 4. The van der Waals surface area contributed by atoms with Crippen LogP contribution in [0.2, 0.25) is 0 Å². The SMILES string of the molecule is CN(Cc1ccccc1N1CCCCC1)C(=O)C1CCC(C(F)(F)F)NC1=O. The van der Waals surface area contributed by atoms with Crippen molar-refractivity contribution in [1.82, 2.24) is 10.2 Å². The van der Waals surface area contributed by atoms with Gasteiger partial charge in [-0.25, -0.2) is 0 Å². The van der Waals surface area contributed by atoms with Crippen LogP contribution in [0.3, 0.4) is 0 Å². The predicted octanol–water partition coefficient (Wildman–Crippen LogP) is 3.09. The van der Waals surface area contributed by atoms with Gasteiger partial charge in [-0.1, -0.05) is 18.2 Å². The second-order valence-corrected chi connectivity index (χ2v) is 7.60. The van der Waals surface area contributed by atoms with E-state index >= 15 is 0 Å². The van der Waals surface area contributed by atoms with E-state index in [9.17, 15) is 22.8 Å². The first kappa shape index (κ1) is 20.5. The lowest BCUT2D eigenvalue weighted by Crippen LogP contribution is -2.54. The first-order chi connectivity index (χ1) is 13.3. The molecule has 28 heavy (non-hydrogen) atoms. The van der Waals surface area contributed by atoms with Crippen LogP contribution in [0.5, 0.6) is 0 Å². The number of nitrogens with one attached hydrogen (secondary N) is 1. The lowest BCUT2D eigenvalue weighted by molar-refractivity contribution is -0.172. The Morgan fingerprint density at radius 2 is 1.86 bits per heavy atom. The van der Waals surface area contributed by atoms with Crippen LogP contribution in [0.1, 0.15) is 37.7 Å². The minimum absolute atomic E-state index is 0.0903. The molecule has 2 aliphatic rings. The molecular formula is C20H26F3N3O2. The fourth-order valence-electron chi connectivity index (χ4n) is 3.98. The third-order valence-electron chi connectivity index (χ3n) is 5.54. The van der Waals surface area contributed by atoms with Crippen molar-refractivity contribution in [2.75, 3.05) is 25.0 Å². The second-order valence-electron chi connectivity index (χ2n) is 7.60. The third-order valence-corrected chi connectivity index (χ3v) is 5.54. The summed E-state index contributed by atoms with van der Waals surface area (Å²) in [6.45, 7) is 2.26. The van der Waals surface area contributed by atoms with E-state index in [-0.39, 0.29) is 12.8 Å². The van der Waals surface area contributed by atoms with Crippen molar-refractivity contribution in [2.24, 2.45) is 5.92 Å². The average molecular weight is 397 g/mol. The van der Waals surface area contributed by atoms with Crippen LogP contribution in [0, 0.1) is 5.92 Å². The van der Waals surface area contributed by atoms with Gasteiger partial charge >= 0.3 is 6.18 Å². The highest BCUT2D eigenvalue weighted by Crippen LogP contribution is 2.30. The number of carbonyl (C=O) groups excluding carboxylic acids is 2. The van der Waals surface area contributed by atoms with Gasteiger partial charge in [0.05, 0.1) is 0 Å². The molecule has 2 fully saturated rings. The zero-order valence-corrected chi connectivity index (χ0v) is 16.0. The second kappa shape index (κ2) is 8.41. The summed E-state index contributed by atoms with van der Waals surface area (Å²) >= 11 is 0. The monoisotopic (exact) mass is 397 g/mol. The van der Waals surface area contributed by atoms with Crippen molar-refractivity contribution in [2.45, 2.75) is 50.9 Å². The molecule has 0 saturated carbocycles. The molecule has 2 saturated heterocycles. The fourth-order valence-corrected chi connectivity index (χ4v) is 3.98. The summed E-state index contributed by atoms with van der Waals surface area (Å²) in [4.78, 5) is 28.6. The highest BCUT2D eigenvalue weighted by Gasteiger charge is 2.46. The van der Waals surface area contributed by atoms with Gasteiger partial charge in [0.2, 0.25) is 11.8 Å². The van der Waals surface area contributed by atoms with Crippen LogP contribution in [0.25, 0.3) is 0 Å². The lowest BCUT2D eigenvalue weighted by atomic mass is 9.92. The quantitative estimate of drug-likeness (QED) is 0.795. The Balaban J connectivity index is 1.66. The molecule has 2 aliphatic heterocycles. The molecule has 5 nitrogen and oxygen atoms in total. The van der Waals surface area contributed by atoms with E-state index in [0.29, 0.717) is 6.54 Å². The Labute approximate surface area is 162 Å². The van der Waals surface area contributed by atoms with E-state index in [1.54, 1.807) is 7.05 Å². The smallest absolute Gasteiger partial charge is 0.371 e. The topological polar surface area (TPSA) is 52.6 Å². The first-order valence-corrected chi connectivity index (χ1v) is 9.72. The van der Waals surface area contributed by atoms with Crippen LogP contribution >= 0.6 is 0 Å². The van der Waals surface area contributed by atoms with E-state index in [2.05, 4.69) is 4.90 Å². The molecule has 1 N–H and O–H groups in total. The Morgan fingerprint density at radius 3 is 2.50 bits per heavy atom. The number of amides is 2. The molecule has 0 spiro atoms. The first-order valence-electron chi connectivity index (χ1n) is 9.72. The van der Waals surface area contributed by atoms with Crippen molar-refractivity contribution in [3.63, 3.8) is 0 Å². The molecular weight excluding hydrogens is 371 g/mol. The van der Waals surface area contributed by atoms with Crippen LogP contribution in [-0.4, -0.2) is 49.1 Å². The Hall–Kier alpha value is -2.25. The maximum Gasteiger partial charge on any atom is 0.408 e. The molecule has 1 aromatic rings. The summed E-state index contributed by atoms with van der Waals surface area (Å²) in [6, 6.07) is 5.98. The summed E-state index contributed by atoms with van der Waals surface area (Å²) in [5, 5.41) is 1.95. The van der Waals surface area contributed by atoms with Gasteiger partial charge < -0.3 is 15.1 Å². The van der Waals surface area contributed by atoms with Crippen molar-refractivity contribution in [3.05, 3.63) is 29.8 Å². The van der Waals surface area contributed by atoms with Crippen LogP contribution < -0.4 is 10.2 Å². The van der Waals surface area contributed by atoms with Gasteiger partial charge in [-0.15, -0.1) is 0 Å². The Bertz CT molecular complexity index is 717. The van der Waals surface area contributed by atoms with Gasteiger partial charge in [0, 0.05) is 32.4 Å². The summed E-state index contributed by atoms with van der Waals surface area (Å²) in [5.41, 5.74) is 2.05. The number of anilines is 1. The van der Waals surface area contributed by atoms with Gasteiger partial charge in [0.25, 0.3) is 0 Å².